The van der Waals surface area contributed by atoms with Crippen molar-refractivity contribution in [2.75, 3.05) is 20.2 Å². The van der Waals surface area contributed by atoms with E-state index >= 15 is 0 Å². The summed E-state index contributed by atoms with van der Waals surface area (Å²) in [5.41, 5.74) is 8.51. The van der Waals surface area contributed by atoms with E-state index in [9.17, 15) is 4.79 Å². The summed E-state index contributed by atoms with van der Waals surface area (Å²) in [4.78, 5) is 14.8. The number of nitrogens with zero attached hydrogens (tertiary/aromatic N) is 1. The van der Waals surface area contributed by atoms with Crippen LogP contribution in [0.5, 0.6) is 5.75 Å². The molecule has 1 fully saturated rings. The zero-order valence-corrected chi connectivity index (χ0v) is 14.7. The van der Waals surface area contributed by atoms with E-state index < -0.39 is 0 Å². The summed E-state index contributed by atoms with van der Waals surface area (Å²) in [6, 6.07) is 18.0. The number of nitrogens with one attached hydrogen (secondary N) is 2. The molecule has 132 valence electrons. The molecule has 1 saturated heterocycles. The largest absolute Gasteiger partial charge is 0.494 e. The van der Waals surface area contributed by atoms with E-state index in [1.165, 1.54) is 0 Å². The quantitative estimate of drug-likeness (QED) is 0.849. The van der Waals surface area contributed by atoms with Crippen LogP contribution in [-0.4, -0.2) is 31.0 Å². The number of carbonyl (C=O) groups excluding carboxylic acids is 1. The average molecular weight is 339 g/mol. The first-order valence-corrected chi connectivity index (χ1v) is 8.69. The topological polar surface area (TPSA) is 53.6 Å². The Morgan fingerprint density at radius 3 is 2.64 bits per heavy atom. The van der Waals surface area contributed by atoms with E-state index in [1.807, 2.05) is 56.4 Å². The highest BCUT2D eigenvalue weighted by Crippen LogP contribution is 2.27. The summed E-state index contributed by atoms with van der Waals surface area (Å²) in [6.45, 7) is 3.73. The van der Waals surface area contributed by atoms with Crippen molar-refractivity contribution >= 4 is 5.91 Å². The minimum absolute atomic E-state index is 0.0155. The summed E-state index contributed by atoms with van der Waals surface area (Å²) in [5.74, 6) is 0.830. The number of benzene rings is 2. The Balaban J connectivity index is 1.72. The van der Waals surface area contributed by atoms with Crippen LogP contribution in [-0.2, 0) is 11.3 Å². The lowest BCUT2D eigenvalue weighted by Crippen LogP contribution is -2.36. The Kier molecular flexibility index (Phi) is 5.68. The SMILES string of the molecule is CCOc1ccccc1CN(C)C(=O)C1CNNC1c1ccccc1. The fourth-order valence-corrected chi connectivity index (χ4v) is 3.25. The van der Waals surface area contributed by atoms with Gasteiger partial charge in [-0.3, -0.25) is 10.2 Å². The second-order valence-corrected chi connectivity index (χ2v) is 6.26. The lowest BCUT2D eigenvalue weighted by molar-refractivity contribution is -0.134. The average Bonchev–Trinajstić information content (AvgIpc) is 3.13. The molecule has 1 aliphatic rings. The molecule has 0 spiro atoms. The summed E-state index contributed by atoms with van der Waals surface area (Å²) < 4.78 is 5.67. The highest BCUT2D eigenvalue weighted by molar-refractivity contribution is 5.80. The molecule has 5 nitrogen and oxygen atoms in total. The van der Waals surface area contributed by atoms with Crippen LogP contribution < -0.4 is 15.6 Å². The Morgan fingerprint density at radius 1 is 1.16 bits per heavy atom. The molecule has 1 heterocycles. The second kappa shape index (κ2) is 8.14. The van der Waals surface area contributed by atoms with E-state index in [0.717, 1.165) is 16.9 Å². The van der Waals surface area contributed by atoms with Gasteiger partial charge >= 0.3 is 0 Å². The van der Waals surface area contributed by atoms with Crippen LogP contribution in [0.25, 0.3) is 0 Å². The molecule has 0 saturated carbocycles. The molecule has 2 aromatic rings. The maximum atomic E-state index is 13.0. The zero-order chi connectivity index (χ0) is 17.6. The second-order valence-electron chi connectivity index (χ2n) is 6.26. The van der Waals surface area contributed by atoms with Gasteiger partial charge in [0.15, 0.2) is 0 Å². The first kappa shape index (κ1) is 17.5. The molecule has 2 aromatic carbocycles. The molecule has 0 radical (unpaired) electrons. The van der Waals surface area contributed by atoms with Crippen molar-refractivity contribution in [2.24, 2.45) is 5.92 Å². The minimum Gasteiger partial charge on any atom is -0.494 e. The van der Waals surface area contributed by atoms with Gasteiger partial charge in [0.05, 0.1) is 18.6 Å². The van der Waals surface area contributed by atoms with Gasteiger partial charge in [0.2, 0.25) is 5.91 Å². The molecule has 3 rings (SSSR count). The van der Waals surface area contributed by atoms with Crippen molar-refractivity contribution in [1.29, 1.82) is 0 Å². The Bertz CT molecular complexity index is 705. The van der Waals surface area contributed by atoms with Crippen LogP contribution >= 0.6 is 0 Å². The van der Waals surface area contributed by atoms with E-state index in [-0.39, 0.29) is 17.9 Å². The fraction of sp³-hybridized carbons (Fsp3) is 0.350. The summed E-state index contributed by atoms with van der Waals surface area (Å²) in [6.07, 6.45) is 0. The number of carbonyl (C=O) groups is 1. The highest BCUT2D eigenvalue weighted by atomic mass is 16.5. The van der Waals surface area contributed by atoms with E-state index in [1.54, 1.807) is 4.90 Å². The number of rotatable bonds is 6. The van der Waals surface area contributed by atoms with Crippen molar-refractivity contribution < 1.29 is 9.53 Å². The minimum atomic E-state index is -0.133. The molecule has 2 N–H and O–H groups in total. The van der Waals surface area contributed by atoms with Gasteiger partial charge in [-0.15, -0.1) is 0 Å². The molecule has 25 heavy (non-hydrogen) atoms. The van der Waals surface area contributed by atoms with Gasteiger partial charge in [-0.05, 0) is 18.6 Å². The first-order valence-electron chi connectivity index (χ1n) is 8.69. The number of hydrazine groups is 1. The predicted molar refractivity (Wildman–Crippen MR) is 97.9 cm³/mol. The highest BCUT2D eigenvalue weighted by Gasteiger charge is 2.35. The van der Waals surface area contributed by atoms with Crippen molar-refractivity contribution in [2.45, 2.75) is 19.5 Å². The molecule has 5 heteroatoms. The zero-order valence-electron chi connectivity index (χ0n) is 14.7. The number of ether oxygens (including phenoxy) is 1. The third-order valence-electron chi connectivity index (χ3n) is 4.51. The summed E-state index contributed by atoms with van der Waals surface area (Å²) >= 11 is 0. The number of para-hydroxylation sites is 1. The van der Waals surface area contributed by atoms with Crippen LogP contribution in [0.2, 0.25) is 0 Å². The van der Waals surface area contributed by atoms with Gasteiger partial charge in [-0.25, -0.2) is 5.43 Å². The Labute approximate surface area is 149 Å². The molecule has 0 aromatic heterocycles. The molecule has 2 atom stereocenters. The first-order chi connectivity index (χ1) is 12.2. The molecule has 1 aliphatic heterocycles. The summed E-state index contributed by atoms with van der Waals surface area (Å²) in [5, 5.41) is 0. The molecule has 0 aliphatic carbocycles. The van der Waals surface area contributed by atoms with Crippen LogP contribution in [0, 0.1) is 5.92 Å². The van der Waals surface area contributed by atoms with Crippen LogP contribution in [0.4, 0.5) is 0 Å². The van der Waals surface area contributed by atoms with Crippen molar-refractivity contribution in [3.63, 3.8) is 0 Å². The predicted octanol–water partition coefficient (Wildman–Crippen LogP) is 2.51. The summed E-state index contributed by atoms with van der Waals surface area (Å²) in [7, 11) is 1.85. The van der Waals surface area contributed by atoms with Gasteiger partial charge in [-0.2, -0.15) is 0 Å². The lowest BCUT2D eigenvalue weighted by Gasteiger charge is -2.25. The van der Waals surface area contributed by atoms with Gasteiger partial charge in [0.25, 0.3) is 0 Å². The Morgan fingerprint density at radius 2 is 1.88 bits per heavy atom. The van der Waals surface area contributed by atoms with Gasteiger partial charge in [-0.1, -0.05) is 48.5 Å². The molecular weight excluding hydrogens is 314 g/mol. The van der Waals surface area contributed by atoms with E-state index in [2.05, 4.69) is 23.0 Å². The van der Waals surface area contributed by atoms with Gasteiger partial charge in [0.1, 0.15) is 5.75 Å². The lowest BCUT2D eigenvalue weighted by atomic mass is 9.93. The van der Waals surface area contributed by atoms with Crippen LogP contribution in [0.15, 0.2) is 54.6 Å². The van der Waals surface area contributed by atoms with Crippen LogP contribution in [0.1, 0.15) is 24.1 Å². The Hall–Kier alpha value is -2.37. The van der Waals surface area contributed by atoms with Crippen molar-refractivity contribution in [3.05, 3.63) is 65.7 Å². The smallest absolute Gasteiger partial charge is 0.229 e. The molecule has 2 unspecified atom stereocenters. The maximum absolute atomic E-state index is 13.0. The number of hydrogen-bond donors (Lipinski definition) is 2. The third-order valence-corrected chi connectivity index (χ3v) is 4.51. The van der Waals surface area contributed by atoms with E-state index in [0.29, 0.717) is 19.7 Å². The van der Waals surface area contributed by atoms with Crippen molar-refractivity contribution in [1.82, 2.24) is 15.8 Å². The molecular formula is C20H25N3O2. The third kappa shape index (κ3) is 4.00. The van der Waals surface area contributed by atoms with Gasteiger partial charge < -0.3 is 9.64 Å². The molecule has 1 amide bonds. The number of amides is 1. The maximum Gasteiger partial charge on any atom is 0.229 e. The fourth-order valence-electron chi connectivity index (χ4n) is 3.25. The standard InChI is InChI=1S/C20H25N3O2/c1-3-25-18-12-8-7-11-16(18)14-23(2)20(24)17-13-21-22-19(17)15-9-5-4-6-10-15/h4-12,17,19,21-22H,3,13-14H2,1-2H3. The van der Waals surface area contributed by atoms with Crippen LogP contribution in [0.3, 0.4) is 0 Å². The van der Waals surface area contributed by atoms with Gasteiger partial charge in [0, 0.05) is 25.7 Å². The monoisotopic (exact) mass is 339 g/mol. The number of hydrogen-bond acceptors (Lipinski definition) is 4. The molecule has 0 bridgehead atoms. The van der Waals surface area contributed by atoms with E-state index in [4.69, 9.17) is 4.74 Å². The normalized spacial score (nSPS) is 19.6. The van der Waals surface area contributed by atoms with Crippen molar-refractivity contribution in [3.8, 4) is 5.75 Å².